The van der Waals surface area contributed by atoms with Crippen molar-refractivity contribution in [2.75, 3.05) is 45.9 Å². The van der Waals surface area contributed by atoms with Crippen LogP contribution in [0.5, 0.6) is 5.75 Å². The molecule has 0 aliphatic carbocycles. The molecule has 0 saturated carbocycles. The second-order valence-electron chi connectivity index (χ2n) is 9.34. The van der Waals surface area contributed by atoms with Crippen molar-refractivity contribution < 1.29 is 19.4 Å². The number of carbonyl (C=O) groups is 1. The van der Waals surface area contributed by atoms with Crippen molar-refractivity contribution in [1.82, 2.24) is 9.80 Å². The standard InChI is InChI=1S/C27H38N2O4/c1-21(2)16-29(27(31)15-23-10-5-4-6-11-23)19-25-18-28(13-14-32-25)17-24(30)20-33-26-12-8-7-9-22(26)3/h4-12,21,24-25,30H,13-20H2,1-3H3. The van der Waals surface area contributed by atoms with Gasteiger partial charge in [0, 0.05) is 32.7 Å². The molecule has 2 aromatic rings. The number of aliphatic hydroxyl groups is 1. The number of hydrogen-bond donors (Lipinski definition) is 1. The van der Waals surface area contributed by atoms with Crippen LogP contribution in [0.15, 0.2) is 54.6 Å². The van der Waals surface area contributed by atoms with Gasteiger partial charge in [-0.15, -0.1) is 0 Å². The highest BCUT2D eigenvalue weighted by molar-refractivity contribution is 5.78. The van der Waals surface area contributed by atoms with Gasteiger partial charge in [0.15, 0.2) is 0 Å². The van der Waals surface area contributed by atoms with Crippen LogP contribution in [0.4, 0.5) is 0 Å². The van der Waals surface area contributed by atoms with E-state index < -0.39 is 6.10 Å². The molecule has 0 spiro atoms. The molecule has 2 atom stereocenters. The summed E-state index contributed by atoms with van der Waals surface area (Å²) >= 11 is 0. The van der Waals surface area contributed by atoms with Crippen molar-refractivity contribution in [2.24, 2.45) is 5.92 Å². The first-order chi connectivity index (χ1) is 15.9. The quantitative estimate of drug-likeness (QED) is 0.565. The van der Waals surface area contributed by atoms with Crippen LogP contribution in [0, 0.1) is 12.8 Å². The highest BCUT2D eigenvalue weighted by Gasteiger charge is 2.26. The molecule has 0 bridgehead atoms. The summed E-state index contributed by atoms with van der Waals surface area (Å²) in [5.41, 5.74) is 2.08. The molecule has 2 aromatic carbocycles. The van der Waals surface area contributed by atoms with E-state index in [1.807, 2.05) is 66.4 Å². The van der Waals surface area contributed by atoms with Gasteiger partial charge in [0.05, 0.1) is 19.1 Å². The number of ether oxygens (including phenoxy) is 2. The van der Waals surface area contributed by atoms with E-state index in [0.29, 0.717) is 45.1 Å². The Morgan fingerprint density at radius 1 is 1.18 bits per heavy atom. The molecule has 1 amide bonds. The molecule has 1 aliphatic rings. The topological polar surface area (TPSA) is 62.2 Å². The van der Waals surface area contributed by atoms with Gasteiger partial charge < -0.3 is 19.5 Å². The lowest BCUT2D eigenvalue weighted by atomic mass is 10.1. The minimum absolute atomic E-state index is 0.0679. The van der Waals surface area contributed by atoms with Crippen molar-refractivity contribution in [3.63, 3.8) is 0 Å². The molecule has 1 heterocycles. The summed E-state index contributed by atoms with van der Waals surface area (Å²) in [6.07, 6.45) is -0.254. The van der Waals surface area contributed by atoms with Crippen molar-refractivity contribution in [2.45, 2.75) is 39.4 Å². The normalized spacial score (nSPS) is 17.7. The number of nitrogens with zero attached hydrogens (tertiary/aromatic N) is 2. The summed E-state index contributed by atoms with van der Waals surface area (Å²) in [5.74, 6) is 1.31. The van der Waals surface area contributed by atoms with Gasteiger partial charge in [-0.2, -0.15) is 0 Å². The first-order valence-corrected chi connectivity index (χ1v) is 11.9. The smallest absolute Gasteiger partial charge is 0.227 e. The Hall–Kier alpha value is -2.41. The number of hydrogen-bond acceptors (Lipinski definition) is 5. The van der Waals surface area contributed by atoms with Crippen LogP contribution < -0.4 is 4.74 Å². The number of morpholine rings is 1. The third-order valence-corrected chi connectivity index (χ3v) is 5.78. The van der Waals surface area contributed by atoms with Crippen molar-refractivity contribution in [3.8, 4) is 5.75 Å². The Kier molecular flexibility index (Phi) is 9.73. The molecule has 3 rings (SSSR count). The second kappa shape index (κ2) is 12.7. The molecule has 33 heavy (non-hydrogen) atoms. The number of β-amino-alcohol motifs (C(OH)–C–C–N with tert-alkyl or cyclic N) is 1. The van der Waals surface area contributed by atoms with Crippen LogP contribution in [0.25, 0.3) is 0 Å². The average molecular weight is 455 g/mol. The SMILES string of the molecule is Cc1ccccc1OCC(O)CN1CCOC(CN(CC(C)C)C(=O)Cc2ccccc2)C1. The van der Waals surface area contributed by atoms with Crippen LogP contribution in [0.3, 0.4) is 0 Å². The minimum Gasteiger partial charge on any atom is -0.491 e. The Morgan fingerprint density at radius 3 is 2.64 bits per heavy atom. The lowest BCUT2D eigenvalue weighted by Gasteiger charge is -2.37. The molecule has 1 N–H and O–H groups in total. The van der Waals surface area contributed by atoms with Crippen LogP contribution in [-0.2, 0) is 16.0 Å². The van der Waals surface area contributed by atoms with E-state index in [9.17, 15) is 9.90 Å². The van der Waals surface area contributed by atoms with Crippen LogP contribution in [-0.4, -0.2) is 79.0 Å². The zero-order chi connectivity index (χ0) is 23.6. The van der Waals surface area contributed by atoms with Gasteiger partial charge in [-0.25, -0.2) is 0 Å². The number of aryl methyl sites for hydroxylation is 1. The van der Waals surface area contributed by atoms with E-state index in [-0.39, 0.29) is 18.6 Å². The highest BCUT2D eigenvalue weighted by atomic mass is 16.5. The van der Waals surface area contributed by atoms with Crippen LogP contribution >= 0.6 is 0 Å². The predicted molar refractivity (Wildman–Crippen MR) is 130 cm³/mol. The fourth-order valence-corrected chi connectivity index (χ4v) is 4.16. The van der Waals surface area contributed by atoms with Gasteiger partial charge in [-0.3, -0.25) is 9.69 Å². The van der Waals surface area contributed by atoms with Crippen molar-refractivity contribution in [1.29, 1.82) is 0 Å². The number of benzene rings is 2. The van der Waals surface area contributed by atoms with E-state index in [4.69, 9.17) is 9.47 Å². The van der Waals surface area contributed by atoms with Gasteiger partial charge in [-0.1, -0.05) is 62.4 Å². The summed E-state index contributed by atoms with van der Waals surface area (Å²) in [4.78, 5) is 17.2. The fourth-order valence-electron chi connectivity index (χ4n) is 4.16. The molecule has 0 radical (unpaired) electrons. The van der Waals surface area contributed by atoms with Crippen LogP contribution in [0.1, 0.15) is 25.0 Å². The molecule has 0 aromatic heterocycles. The first kappa shape index (κ1) is 25.2. The van der Waals surface area contributed by atoms with E-state index in [2.05, 4.69) is 18.7 Å². The molecule has 1 saturated heterocycles. The van der Waals surface area contributed by atoms with E-state index in [1.165, 1.54) is 0 Å². The predicted octanol–water partition coefficient (Wildman–Crippen LogP) is 3.16. The molecule has 6 nitrogen and oxygen atoms in total. The third-order valence-electron chi connectivity index (χ3n) is 5.78. The largest absolute Gasteiger partial charge is 0.491 e. The monoisotopic (exact) mass is 454 g/mol. The maximum atomic E-state index is 13.0. The Morgan fingerprint density at radius 2 is 1.91 bits per heavy atom. The molecule has 1 fully saturated rings. The van der Waals surface area contributed by atoms with Gasteiger partial charge >= 0.3 is 0 Å². The number of para-hydroxylation sites is 1. The van der Waals surface area contributed by atoms with E-state index in [0.717, 1.165) is 23.4 Å². The minimum atomic E-state index is -0.588. The number of amides is 1. The molecular formula is C27H38N2O4. The average Bonchev–Trinajstić information content (AvgIpc) is 2.79. The summed E-state index contributed by atoms with van der Waals surface area (Å²) in [6.45, 7) is 10.3. The van der Waals surface area contributed by atoms with Gasteiger partial charge in [0.1, 0.15) is 18.5 Å². The molecule has 1 aliphatic heterocycles. The first-order valence-electron chi connectivity index (χ1n) is 11.9. The lowest BCUT2D eigenvalue weighted by Crippen LogP contribution is -2.51. The summed E-state index contributed by atoms with van der Waals surface area (Å²) < 4.78 is 11.8. The third kappa shape index (κ3) is 8.46. The Bertz CT molecular complexity index is 858. The van der Waals surface area contributed by atoms with Crippen LogP contribution in [0.2, 0.25) is 0 Å². The van der Waals surface area contributed by atoms with E-state index in [1.54, 1.807) is 0 Å². The summed E-state index contributed by atoms with van der Waals surface area (Å²) in [6, 6.07) is 17.7. The maximum Gasteiger partial charge on any atom is 0.227 e. The highest BCUT2D eigenvalue weighted by Crippen LogP contribution is 2.17. The van der Waals surface area contributed by atoms with Crippen molar-refractivity contribution >= 4 is 5.91 Å². The zero-order valence-corrected chi connectivity index (χ0v) is 20.2. The number of carbonyl (C=O) groups excluding carboxylic acids is 1. The van der Waals surface area contributed by atoms with Gasteiger partial charge in [0.2, 0.25) is 5.91 Å². The van der Waals surface area contributed by atoms with Gasteiger partial charge in [-0.05, 0) is 30.0 Å². The lowest BCUT2D eigenvalue weighted by molar-refractivity contribution is -0.134. The molecule has 180 valence electrons. The zero-order valence-electron chi connectivity index (χ0n) is 20.2. The Balaban J connectivity index is 1.50. The van der Waals surface area contributed by atoms with Gasteiger partial charge in [0.25, 0.3) is 0 Å². The molecule has 2 unspecified atom stereocenters. The van der Waals surface area contributed by atoms with E-state index >= 15 is 0 Å². The Labute approximate surface area is 198 Å². The maximum absolute atomic E-state index is 13.0. The number of rotatable bonds is 11. The molecular weight excluding hydrogens is 416 g/mol. The summed E-state index contributed by atoms with van der Waals surface area (Å²) in [7, 11) is 0. The number of aliphatic hydroxyl groups excluding tert-OH is 1. The van der Waals surface area contributed by atoms with Crippen molar-refractivity contribution in [3.05, 3.63) is 65.7 Å². The second-order valence-corrected chi connectivity index (χ2v) is 9.34. The fraction of sp³-hybridized carbons (Fsp3) is 0.519. The summed E-state index contributed by atoms with van der Waals surface area (Å²) in [5, 5.41) is 10.5. The molecule has 6 heteroatoms.